The second-order valence-electron chi connectivity index (χ2n) is 24.2. The average molecular weight is 894 g/mol. The fourth-order valence-electron chi connectivity index (χ4n) is 15.8. The van der Waals surface area contributed by atoms with Gasteiger partial charge in [0.2, 0.25) is 0 Å². The molecule has 0 heterocycles. The number of hydrogen-bond donors (Lipinski definition) is 0. The van der Waals surface area contributed by atoms with E-state index in [2.05, 4.69) is 223 Å². The van der Waals surface area contributed by atoms with Crippen molar-refractivity contribution >= 4 is 17.1 Å². The molecule has 0 atom stereocenters. The third-order valence-corrected chi connectivity index (χ3v) is 18.8. The molecule has 1 spiro atoms. The highest BCUT2D eigenvalue weighted by Crippen LogP contribution is 2.70. The van der Waals surface area contributed by atoms with E-state index in [0.717, 1.165) is 11.8 Å². The lowest BCUT2D eigenvalue weighted by Gasteiger charge is -2.61. The van der Waals surface area contributed by atoms with Gasteiger partial charge in [-0.15, -0.1) is 0 Å². The quantitative estimate of drug-likeness (QED) is 0.166. The standard InChI is InChI=1S/C68H63N/c1-65(2,3)46-24-19-44(20-25-46)52-15-12-18-62-64(52)55-30-23-45(38-63(55)68(62)47-34-41-33-42(36-47)37-48(68)35-41)43-21-26-49(27-22-43)69(50-28-31-60-56(39-50)53-13-8-10-16-58(53)66(60,4)5)51-29-32-61-57(40-51)54-14-9-11-17-59(54)67(61,6)7/h8-32,38-42,47-48H,33-37H2,1-7H3. The van der Waals surface area contributed by atoms with Crippen molar-refractivity contribution in [3.63, 3.8) is 0 Å². The van der Waals surface area contributed by atoms with Gasteiger partial charge in [0.05, 0.1) is 0 Å². The van der Waals surface area contributed by atoms with E-state index in [4.69, 9.17) is 0 Å². The van der Waals surface area contributed by atoms with Gasteiger partial charge in [-0.2, -0.15) is 0 Å². The molecule has 0 amide bonds. The van der Waals surface area contributed by atoms with Gasteiger partial charge >= 0.3 is 0 Å². The SMILES string of the molecule is CC(C)(C)c1ccc(-c2cccc3c2-c2ccc(-c4ccc(N(c5ccc6c(c5)-c5ccccc5C6(C)C)c5ccc6c(c5)-c5ccccc5C6(C)C)cc4)cc2C32C3CC4CC(C3)CC2C4)cc1. The van der Waals surface area contributed by atoms with Crippen molar-refractivity contribution in [2.75, 3.05) is 4.90 Å². The molecule has 8 aromatic rings. The molecule has 0 N–H and O–H groups in total. The summed E-state index contributed by atoms with van der Waals surface area (Å²) in [6.07, 6.45) is 6.97. The molecule has 4 fully saturated rings. The Balaban J connectivity index is 0.900. The summed E-state index contributed by atoms with van der Waals surface area (Å²) in [7, 11) is 0. The summed E-state index contributed by atoms with van der Waals surface area (Å²) in [4.78, 5) is 2.50. The van der Waals surface area contributed by atoms with E-state index in [1.807, 2.05) is 0 Å². The zero-order chi connectivity index (χ0) is 46.8. The number of benzene rings is 8. The van der Waals surface area contributed by atoms with Crippen LogP contribution in [0.3, 0.4) is 0 Å². The second kappa shape index (κ2) is 14.3. The van der Waals surface area contributed by atoms with Gasteiger partial charge in [-0.05, 0) is 198 Å². The maximum Gasteiger partial charge on any atom is 0.0468 e. The van der Waals surface area contributed by atoms with Crippen molar-refractivity contribution in [2.45, 2.75) is 102 Å². The number of hydrogen-bond acceptors (Lipinski definition) is 1. The number of anilines is 3. The van der Waals surface area contributed by atoms with Crippen LogP contribution in [-0.2, 0) is 21.7 Å². The molecule has 15 rings (SSSR count). The molecule has 4 bridgehead atoms. The molecule has 0 aliphatic heterocycles. The number of rotatable bonds is 5. The molecule has 69 heavy (non-hydrogen) atoms. The van der Waals surface area contributed by atoms with Gasteiger partial charge in [-0.25, -0.2) is 0 Å². The largest absolute Gasteiger partial charge is 0.310 e. The van der Waals surface area contributed by atoms with Crippen LogP contribution < -0.4 is 4.90 Å². The Labute approximate surface area is 410 Å². The highest BCUT2D eigenvalue weighted by molar-refractivity contribution is 5.95. The van der Waals surface area contributed by atoms with Crippen LogP contribution in [0.1, 0.15) is 120 Å². The molecule has 0 radical (unpaired) electrons. The van der Waals surface area contributed by atoms with Crippen molar-refractivity contribution in [1.82, 2.24) is 0 Å². The summed E-state index contributed by atoms with van der Waals surface area (Å²) in [5.41, 5.74) is 27.5. The van der Waals surface area contributed by atoms with E-state index < -0.39 is 0 Å². The first kappa shape index (κ1) is 41.5. The zero-order valence-electron chi connectivity index (χ0n) is 41.5. The normalized spacial score (nSPS) is 23.3. The second-order valence-corrected chi connectivity index (χ2v) is 24.2. The van der Waals surface area contributed by atoms with E-state index in [9.17, 15) is 0 Å². The first-order valence-electron chi connectivity index (χ1n) is 26.1. The van der Waals surface area contributed by atoms with E-state index in [-0.39, 0.29) is 21.7 Å². The molecule has 1 heteroatoms. The maximum atomic E-state index is 2.66. The Bertz CT molecular complexity index is 3290. The summed E-state index contributed by atoms with van der Waals surface area (Å²) in [5, 5.41) is 0. The molecule has 340 valence electrons. The Kier molecular flexibility index (Phi) is 8.62. The molecule has 7 aliphatic rings. The third kappa shape index (κ3) is 5.77. The van der Waals surface area contributed by atoms with Crippen LogP contribution in [0.15, 0.2) is 170 Å². The van der Waals surface area contributed by atoms with E-state index in [0.29, 0.717) is 11.8 Å². The van der Waals surface area contributed by atoms with Crippen LogP contribution >= 0.6 is 0 Å². The minimum Gasteiger partial charge on any atom is -0.310 e. The Morgan fingerprint density at radius 3 is 1.42 bits per heavy atom. The minimum absolute atomic E-state index is 0.0501. The summed E-state index contributed by atoms with van der Waals surface area (Å²) in [6.45, 7) is 16.5. The van der Waals surface area contributed by atoms with Gasteiger partial charge < -0.3 is 4.90 Å². The van der Waals surface area contributed by atoms with Crippen LogP contribution in [0.25, 0.3) is 55.6 Å². The van der Waals surface area contributed by atoms with Crippen LogP contribution in [0, 0.1) is 23.7 Å². The molecule has 0 saturated heterocycles. The molecular weight excluding hydrogens is 831 g/mol. The topological polar surface area (TPSA) is 3.24 Å². The monoisotopic (exact) mass is 893 g/mol. The van der Waals surface area contributed by atoms with Gasteiger partial charge in [0.1, 0.15) is 0 Å². The number of nitrogens with zero attached hydrogens (tertiary/aromatic N) is 1. The van der Waals surface area contributed by atoms with Crippen molar-refractivity contribution in [2.24, 2.45) is 23.7 Å². The summed E-state index contributed by atoms with van der Waals surface area (Å²) in [5.74, 6) is 3.20. The fraction of sp³-hybridized carbons (Fsp3) is 0.294. The van der Waals surface area contributed by atoms with E-state index in [1.54, 1.807) is 11.1 Å². The van der Waals surface area contributed by atoms with E-state index in [1.165, 1.54) is 133 Å². The van der Waals surface area contributed by atoms with Crippen LogP contribution in [0.5, 0.6) is 0 Å². The fourth-order valence-corrected chi connectivity index (χ4v) is 15.8. The molecular formula is C68H63N. The Morgan fingerprint density at radius 1 is 0.377 bits per heavy atom. The van der Waals surface area contributed by atoms with Gasteiger partial charge in [-0.3, -0.25) is 0 Å². The zero-order valence-corrected chi connectivity index (χ0v) is 41.5. The van der Waals surface area contributed by atoms with Crippen molar-refractivity contribution < 1.29 is 0 Å². The maximum absolute atomic E-state index is 2.66. The van der Waals surface area contributed by atoms with Crippen molar-refractivity contribution in [3.05, 3.63) is 209 Å². The first-order valence-corrected chi connectivity index (χ1v) is 26.1. The molecule has 0 unspecified atom stereocenters. The lowest BCUT2D eigenvalue weighted by Crippen LogP contribution is -2.55. The van der Waals surface area contributed by atoms with Crippen molar-refractivity contribution in [3.8, 4) is 55.6 Å². The summed E-state index contributed by atoms with van der Waals surface area (Å²) < 4.78 is 0. The van der Waals surface area contributed by atoms with Crippen molar-refractivity contribution in [1.29, 1.82) is 0 Å². The summed E-state index contributed by atoms with van der Waals surface area (Å²) in [6, 6.07) is 66.5. The molecule has 4 saturated carbocycles. The lowest BCUT2D eigenvalue weighted by atomic mass is 9.43. The highest BCUT2D eigenvalue weighted by atomic mass is 15.1. The molecule has 8 aromatic carbocycles. The van der Waals surface area contributed by atoms with Gasteiger partial charge in [-0.1, -0.05) is 176 Å². The predicted octanol–water partition coefficient (Wildman–Crippen LogP) is 18.1. The summed E-state index contributed by atoms with van der Waals surface area (Å²) >= 11 is 0. The predicted molar refractivity (Wildman–Crippen MR) is 289 cm³/mol. The van der Waals surface area contributed by atoms with Crippen LogP contribution in [-0.4, -0.2) is 0 Å². The highest BCUT2D eigenvalue weighted by Gasteiger charge is 2.62. The van der Waals surface area contributed by atoms with Gasteiger partial charge in [0, 0.05) is 33.3 Å². The van der Waals surface area contributed by atoms with E-state index >= 15 is 0 Å². The number of fused-ring (bicyclic) bond motifs is 9. The van der Waals surface area contributed by atoms with Crippen LogP contribution in [0.2, 0.25) is 0 Å². The van der Waals surface area contributed by atoms with Gasteiger partial charge in [0.15, 0.2) is 0 Å². The average Bonchev–Trinajstić information content (AvgIpc) is 3.87. The minimum atomic E-state index is -0.0501. The van der Waals surface area contributed by atoms with Crippen LogP contribution in [0.4, 0.5) is 17.1 Å². The lowest BCUT2D eigenvalue weighted by molar-refractivity contribution is -0.0399. The Morgan fingerprint density at radius 2 is 0.855 bits per heavy atom. The molecule has 7 aliphatic carbocycles. The molecule has 0 aromatic heterocycles. The Hall–Kier alpha value is -6.44. The third-order valence-electron chi connectivity index (χ3n) is 18.8. The molecule has 1 nitrogen and oxygen atoms in total. The first-order chi connectivity index (χ1) is 33.3. The smallest absolute Gasteiger partial charge is 0.0468 e. The van der Waals surface area contributed by atoms with Gasteiger partial charge in [0.25, 0.3) is 0 Å².